The Morgan fingerprint density at radius 2 is 1.76 bits per heavy atom. The van der Waals surface area contributed by atoms with Crippen LogP contribution in [0, 0.1) is 0 Å². The second-order valence-electron chi connectivity index (χ2n) is 5.08. The van der Waals surface area contributed by atoms with Gasteiger partial charge in [0.15, 0.2) is 0 Å². The summed E-state index contributed by atoms with van der Waals surface area (Å²) in [6, 6.07) is 9.23. The molecule has 0 bridgehead atoms. The van der Waals surface area contributed by atoms with Crippen molar-refractivity contribution in [2.45, 2.75) is 46.0 Å². The number of carbonyl (C=O) groups excluding carboxylic acids is 2. The minimum Gasteiger partial charge on any atom is -0.366 e. The summed E-state index contributed by atoms with van der Waals surface area (Å²) in [5, 5.41) is 2.78. The van der Waals surface area contributed by atoms with E-state index in [4.69, 9.17) is 5.73 Å². The first-order valence-corrected chi connectivity index (χ1v) is 7.42. The zero-order valence-corrected chi connectivity index (χ0v) is 12.8. The normalized spacial score (nSPS) is 11.7. The van der Waals surface area contributed by atoms with E-state index in [0.29, 0.717) is 17.7 Å². The van der Waals surface area contributed by atoms with E-state index in [1.807, 2.05) is 30.3 Å². The van der Waals surface area contributed by atoms with Crippen LogP contribution in [0.3, 0.4) is 0 Å². The van der Waals surface area contributed by atoms with E-state index in [0.717, 1.165) is 31.2 Å². The zero-order valence-electron chi connectivity index (χ0n) is 12.8. The molecule has 0 radical (unpaired) electrons. The molecule has 2 amide bonds. The first kappa shape index (κ1) is 17.0. The lowest BCUT2D eigenvalue weighted by molar-refractivity contribution is -0.118. The van der Waals surface area contributed by atoms with Gasteiger partial charge < -0.3 is 11.1 Å². The summed E-state index contributed by atoms with van der Waals surface area (Å²) >= 11 is 0. The SMILES string of the molecule is CCCCCC/C(NC(C)=O)=C(/C(N)=O)c1ccccc1. The van der Waals surface area contributed by atoms with Crippen LogP contribution in [0.2, 0.25) is 0 Å². The van der Waals surface area contributed by atoms with Crippen LogP contribution in [-0.2, 0) is 9.59 Å². The molecule has 1 rings (SSSR count). The molecule has 0 saturated heterocycles. The van der Waals surface area contributed by atoms with Gasteiger partial charge in [0.05, 0.1) is 5.57 Å². The molecule has 0 heterocycles. The number of carbonyl (C=O) groups is 2. The Balaban J connectivity index is 3.07. The smallest absolute Gasteiger partial charge is 0.251 e. The third kappa shape index (κ3) is 5.81. The predicted octanol–water partition coefficient (Wildman–Crippen LogP) is 2.99. The van der Waals surface area contributed by atoms with E-state index in [2.05, 4.69) is 12.2 Å². The topological polar surface area (TPSA) is 72.2 Å². The largest absolute Gasteiger partial charge is 0.366 e. The van der Waals surface area contributed by atoms with Gasteiger partial charge in [0, 0.05) is 12.6 Å². The summed E-state index contributed by atoms with van der Waals surface area (Å²) in [5.74, 6) is -0.699. The monoisotopic (exact) mass is 288 g/mol. The van der Waals surface area contributed by atoms with Gasteiger partial charge in [-0.3, -0.25) is 9.59 Å². The fourth-order valence-corrected chi connectivity index (χ4v) is 2.26. The van der Waals surface area contributed by atoms with Gasteiger partial charge >= 0.3 is 0 Å². The first-order chi connectivity index (χ1) is 10.1. The molecule has 0 aromatic heterocycles. The highest BCUT2D eigenvalue weighted by atomic mass is 16.2. The highest BCUT2D eigenvalue weighted by Gasteiger charge is 2.15. The van der Waals surface area contributed by atoms with Gasteiger partial charge in [0.2, 0.25) is 5.91 Å². The fraction of sp³-hybridized carbons (Fsp3) is 0.412. The maximum atomic E-state index is 11.8. The van der Waals surface area contributed by atoms with Crippen molar-refractivity contribution in [1.29, 1.82) is 0 Å². The predicted molar refractivity (Wildman–Crippen MR) is 85.1 cm³/mol. The summed E-state index contributed by atoms with van der Waals surface area (Å²) in [6.45, 7) is 3.58. The molecule has 0 spiro atoms. The molecule has 0 fully saturated rings. The van der Waals surface area contributed by atoms with Crippen LogP contribution in [0.25, 0.3) is 5.57 Å². The molecule has 0 aliphatic heterocycles. The lowest BCUT2D eigenvalue weighted by Gasteiger charge is -2.14. The molecular formula is C17H24N2O2. The summed E-state index contributed by atoms with van der Waals surface area (Å²) in [7, 11) is 0. The molecule has 0 unspecified atom stereocenters. The maximum absolute atomic E-state index is 11.8. The van der Waals surface area contributed by atoms with Gasteiger partial charge in [-0.05, 0) is 18.4 Å². The molecule has 114 valence electrons. The molecule has 1 aromatic rings. The van der Waals surface area contributed by atoms with Crippen LogP contribution in [0.5, 0.6) is 0 Å². The second kappa shape index (κ2) is 8.95. The number of benzene rings is 1. The van der Waals surface area contributed by atoms with Crippen LogP contribution in [-0.4, -0.2) is 11.8 Å². The van der Waals surface area contributed by atoms with Crippen molar-refractivity contribution in [3.8, 4) is 0 Å². The molecule has 4 heteroatoms. The number of primary amides is 1. The number of nitrogens with two attached hydrogens (primary N) is 1. The number of amides is 2. The van der Waals surface area contributed by atoms with Crippen LogP contribution >= 0.6 is 0 Å². The lowest BCUT2D eigenvalue weighted by atomic mass is 9.99. The van der Waals surface area contributed by atoms with Gasteiger partial charge in [0.25, 0.3) is 5.91 Å². The number of hydrogen-bond acceptors (Lipinski definition) is 2. The Hall–Kier alpha value is -2.10. The van der Waals surface area contributed by atoms with Gasteiger partial charge in [-0.25, -0.2) is 0 Å². The summed E-state index contributed by atoms with van der Waals surface area (Å²) in [6.07, 6.45) is 4.92. The molecule has 0 aliphatic rings. The van der Waals surface area contributed by atoms with Crippen molar-refractivity contribution in [3.05, 3.63) is 41.6 Å². The average molecular weight is 288 g/mol. The minimum atomic E-state index is -0.513. The summed E-state index contributed by atoms with van der Waals surface area (Å²) < 4.78 is 0. The van der Waals surface area contributed by atoms with E-state index >= 15 is 0 Å². The number of nitrogens with one attached hydrogen (secondary N) is 1. The van der Waals surface area contributed by atoms with Crippen LogP contribution in [0.15, 0.2) is 36.0 Å². The molecular weight excluding hydrogens is 264 g/mol. The molecule has 4 nitrogen and oxygen atoms in total. The van der Waals surface area contributed by atoms with E-state index in [-0.39, 0.29) is 5.91 Å². The fourth-order valence-electron chi connectivity index (χ4n) is 2.26. The number of allylic oxidation sites excluding steroid dienone is 1. The van der Waals surface area contributed by atoms with E-state index < -0.39 is 5.91 Å². The Morgan fingerprint density at radius 1 is 1.10 bits per heavy atom. The molecule has 0 saturated carbocycles. The summed E-state index contributed by atoms with van der Waals surface area (Å²) in [4.78, 5) is 23.2. The van der Waals surface area contributed by atoms with Crippen LogP contribution in [0.1, 0.15) is 51.5 Å². The third-order valence-electron chi connectivity index (χ3n) is 3.22. The van der Waals surface area contributed by atoms with E-state index in [1.54, 1.807) is 0 Å². The second-order valence-corrected chi connectivity index (χ2v) is 5.08. The first-order valence-electron chi connectivity index (χ1n) is 7.42. The van der Waals surface area contributed by atoms with Crippen molar-refractivity contribution < 1.29 is 9.59 Å². The number of hydrogen-bond donors (Lipinski definition) is 2. The average Bonchev–Trinajstić information content (AvgIpc) is 2.43. The van der Waals surface area contributed by atoms with Crippen molar-refractivity contribution in [2.75, 3.05) is 0 Å². The maximum Gasteiger partial charge on any atom is 0.251 e. The molecule has 1 aromatic carbocycles. The minimum absolute atomic E-state index is 0.185. The Labute approximate surface area is 126 Å². The molecule has 3 N–H and O–H groups in total. The Bertz CT molecular complexity index is 507. The van der Waals surface area contributed by atoms with Gasteiger partial charge in [-0.15, -0.1) is 0 Å². The zero-order chi connectivity index (χ0) is 15.7. The Kier molecular flexibility index (Phi) is 7.23. The third-order valence-corrected chi connectivity index (χ3v) is 3.22. The summed E-state index contributed by atoms with van der Waals surface area (Å²) in [5.41, 5.74) is 7.30. The highest BCUT2D eigenvalue weighted by Crippen LogP contribution is 2.21. The van der Waals surface area contributed by atoms with Crippen molar-refractivity contribution >= 4 is 17.4 Å². The van der Waals surface area contributed by atoms with Gasteiger partial charge in [-0.1, -0.05) is 56.5 Å². The quantitative estimate of drug-likeness (QED) is 0.570. The molecule has 0 atom stereocenters. The van der Waals surface area contributed by atoms with Crippen molar-refractivity contribution in [3.63, 3.8) is 0 Å². The van der Waals surface area contributed by atoms with Gasteiger partial charge in [0.1, 0.15) is 0 Å². The van der Waals surface area contributed by atoms with Crippen LogP contribution in [0.4, 0.5) is 0 Å². The molecule has 21 heavy (non-hydrogen) atoms. The van der Waals surface area contributed by atoms with E-state index in [9.17, 15) is 9.59 Å². The molecule has 0 aliphatic carbocycles. The van der Waals surface area contributed by atoms with Crippen LogP contribution < -0.4 is 11.1 Å². The van der Waals surface area contributed by atoms with Crippen molar-refractivity contribution in [1.82, 2.24) is 5.32 Å². The highest BCUT2D eigenvalue weighted by molar-refractivity contribution is 6.20. The van der Waals surface area contributed by atoms with E-state index in [1.165, 1.54) is 6.92 Å². The standard InChI is InChI=1S/C17H24N2O2/c1-3-4-5-9-12-15(19-13(2)20)16(17(18)21)14-10-7-6-8-11-14/h6-8,10-11H,3-5,9,12H2,1-2H3,(H2,18,21)(H,19,20)/b16-15-. The number of unbranched alkanes of at least 4 members (excludes halogenated alkanes) is 3. The number of rotatable bonds is 8. The lowest BCUT2D eigenvalue weighted by Crippen LogP contribution is -2.25. The van der Waals surface area contributed by atoms with Crippen molar-refractivity contribution in [2.24, 2.45) is 5.73 Å². The Morgan fingerprint density at radius 3 is 2.29 bits per heavy atom. The van der Waals surface area contributed by atoms with Gasteiger partial charge in [-0.2, -0.15) is 0 Å².